The average Bonchev–Trinajstić information content (AvgIpc) is 3.09. The largest absolute Gasteiger partial charge is 0.493 e. The first-order chi connectivity index (χ1) is 13.7. The smallest absolute Gasteiger partial charge is 0.226 e. The second kappa shape index (κ2) is 10.1. The second-order valence-corrected chi connectivity index (χ2v) is 6.89. The Balaban J connectivity index is 1.49. The summed E-state index contributed by atoms with van der Waals surface area (Å²) in [6.45, 7) is 5.21. The van der Waals surface area contributed by atoms with Crippen LogP contribution in [0, 0.1) is 12.8 Å². The van der Waals surface area contributed by atoms with Crippen LogP contribution in [0.5, 0.6) is 5.75 Å². The summed E-state index contributed by atoms with van der Waals surface area (Å²) in [6, 6.07) is 18.1. The van der Waals surface area contributed by atoms with Crippen molar-refractivity contribution in [3.05, 3.63) is 71.6 Å². The highest BCUT2D eigenvalue weighted by molar-refractivity contribution is 5.53. The van der Waals surface area contributed by atoms with Gasteiger partial charge in [0.1, 0.15) is 11.5 Å². The predicted octanol–water partition coefficient (Wildman–Crippen LogP) is 5.03. The van der Waals surface area contributed by atoms with Crippen molar-refractivity contribution in [2.24, 2.45) is 5.92 Å². The molecule has 0 saturated carbocycles. The molecule has 0 radical (unpaired) electrons. The maximum atomic E-state index is 5.88. The quantitative estimate of drug-likeness (QED) is 0.364. The van der Waals surface area contributed by atoms with E-state index in [0.717, 1.165) is 29.2 Å². The van der Waals surface area contributed by atoms with Gasteiger partial charge in [0, 0.05) is 12.0 Å². The van der Waals surface area contributed by atoms with Crippen molar-refractivity contribution >= 4 is 0 Å². The van der Waals surface area contributed by atoms with Crippen LogP contribution in [0.25, 0.3) is 11.5 Å². The molecule has 0 aliphatic heterocycles. The van der Waals surface area contributed by atoms with Crippen LogP contribution in [-0.2, 0) is 22.6 Å². The Labute approximate surface area is 166 Å². The van der Waals surface area contributed by atoms with E-state index in [1.165, 1.54) is 12.7 Å². The van der Waals surface area contributed by atoms with Crippen LogP contribution < -0.4 is 4.74 Å². The van der Waals surface area contributed by atoms with Gasteiger partial charge in [0.05, 0.1) is 26.0 Å². The predicted molar refractivity (Wildman–Crippen MR) is 108 cm³/mol. The molecule has 28 heavy (non-hydrogen) atoms. The lowest BCUT2D eigenvalue weighted by molar-refractivity contribution is -0.278. The Morgan fingerprint density at radius 3 is 2.50 bits per heavy atom. The molecule has 148 valence electrons. The van der Waals surface area contributed by atoms with Gasteiger partial charge < -0.3 is 9.15 Å². The van der Waals surface area contributed by atoms with Crippen LogP contribution in [-0.4, -0.2) is 25.3 Å². The summed E-state index contributed by atoms with van der Waals surface area (Å²) >= 11 is 0. The number of benzene rings is 2. The minimum Gasteiger partial charge on any atom is -0.493 e. The number of aryl methyl sites for hydroxylation is 1. The third kappa shape index (κ3) is 5.68. The van der Waals surface area contributed by atoms with Crippen molar-refractivity contribution in [3.8, 4) is 17.2 Å². The van der Waals surface area contributed by atoms with E-state index in [-0.39, 0.29) is 0 Å². The molecule has 0 aliphatic rings. The van der Waals surface area contributed by atoms with Gasteiger partial charge in [0.15, 0.2) is 0 Å². The molecule has 3 rings (SSSR count). The molecule has 0 amide bonds. The minimum absolute atomic E-state index is 0.390. The molecule has 0 aliphatic carbocycles. The third-order valence-electron chi connectivity index (χ3n) is 4.50. The lowest BCUT2D eigenvalue weighted by Crippen LogP contribution is -2.08. The van der Waals surface area contributed by atoms with E-state index in [0.29, 0.717) is 31.4 Å². The number of ether oxygens (including phenoxy) is 1. The van der Waals surface area contributed by atoms with Crippen molar-refractivity contribution in [1.82, 2.24) is 4.98 Å². The molecule has 2 aromatic carbocycles. The summed E-state index contributed by atoms with van der Waals surface area (Å²) in [5, 5.41) is 0. The molecule has 3 aromatic rings. The van der Waals surface area contributed by atoms with Gasteiger partial charge in [-0.3, -0.25) is 0 Å². The van der Waals surface area contributed by atoms with E-state index in [1.807, 2.05) is 49.4 Å². The van der Waals surface area contributed by atoms with E-state index >= 15 is 0 Å². The zero-order chi connectivity index (χ0) is 19.8. The van der Waals surface area contributed by atoms with Crippen LogP contribution >= 0.6 is 0 Å². The molecule has 0 bridgehead atoms. The monoisotopic (exact) mass is 381 g/mol. The van der Waals surface area contributed by atoms with Crippen LogP contribution in [0.1, 0.15) is 23.9 Å². The Kier molecular flexibility index (Phi) is 7.23. The Morgan fingerprint density at radius 1 is 1.04 bits per heavy atom. The topological polar surface area (TPSA) is 53.7 Å². The Hall–Kier alpha value is -2.63. The molecule has 0 saturated heterocycles. The van der Waals surface area contributed by atoms with Gasteiger partial charge >= 0.3 is 0 Å². The maximum absolute atomic E-state index is 5.88. The van der Waals surface area contributed by atoms with E-state index in [9.17, 15) is 0 Å². The number of nitrogens with zero attached hydrogens (tertiary/aromatic N) is 1. The molecule has 1 heterocycles. The number of aromatic nitrogens is 1. The van der Waals surface area contributed by atoms with Crippen LogP contribution in [0.15, 0.2) is 59.0 Å². The lowest BCUT2D eigenvalue weighted by atomic mass is 10.0. The van der Waals surface area contributed by atoms with Gasteiger partial charge in [-0.2, -0.15) is 0 Å². The van der Waals surface area contributed by atoms with Gasteiger partial charge in [-0.05, 0) is 49.1 Å². The van der Waals surface area contributed by atoms with Gasteiger partial charge in [-0.25, -0.2) is 14.8 Å². The number of rotatable bonds is 10. The first kappa shape index (κ1) is 20.1. The summed E-state index contributed by atoms with van der Waals surface area (Å²) < 4.78 is 11.7. The molecular formula is C23H27NO4. The summed E-state index contributed by atoms with van der Waals surface area (Å²) in [5.41, 5.74) is 3.17. The van der Waals surface area contributed by atoms with E-state index in [4.69, 9.17) is 14.0 Å². The van der Waals surface area contributed by atoms with Crippen molar-refractivity contribution in [3.63, 3.8) is 0 Å². The fourth-order valence-electron chi connectivity index (χ4n) is 3.00. The Bertz CT molecular complexity index is 843. The standard InChI is InChI=1S/C23H27NO4/c1-17(16-27-25-3)15-19-9-11-21(12-10-19)26-14-13-22-18(2)28-23(24-22)20-7-5-4-6-8-20/h4-12,17H,13-16H2,1-3H3. The number of oxazole rings is 1. The van der Waals surface area contributed by atoms with Crippen LogP contribution in [0.4, 0.5) is 0 Å². The molecule has 1 aromatic heterocycles. The zero-order valence-electron chi connectivity index (χ0n) is 16.7. The van der Waals surface area contributed by atoms with Crippen molar-refractivity contribution in [1.29, 1.82) is 0 Å². The van der Waals surface area contributed by atoms with Crippen LogP contribution in [0.3, 0.4) is 0 Å². The highest BCUT2D eigenvalue weighted by atomic mass is 17.2. The summed E-state index contributed by atoms with van der Waals surface area (Å²) in [5.74, 6) is 2.74. The highest BCUT2D eigenvalue weighted by Gasteiger charge is 2.11. The fraction of sp³-hybridized carbons (Fsp3) is 0.348. The van der Waals surface area contributed by atoms with E-state index < -0.39 is 0 Å². The zero-order valence-corrected chi connectivity index (χ0v) is 16.7. The van der Waals surface area contributed by atoms with E-state index in [2.05, 4.69) is 28.9 Å². The van der Waals surface area contributed by atoms with Gasteiger partial charge in [0.2, 0.25) is 5.89 Å². The normalized spacial score (nSPS) is 12.1. The Morgan fingerprint density at radius 2 is 1.79 bits per heavy atom. The molecule has 0 spiro atoms. The minimum atomic E-state index is 0.390. The second-order valence-electron chi connectivity index (χ2n) is 6.89. The maximum Gasteiger partial charge on any atom is 0.226 e. The molecule has 5 heteroatoms. The molecule has 5 nitrogen and oxygen atoms in total. The van der Waals surface area contributed by atoms with E-state index in [1.54, 1.807) is 0 Å². The van der Waals surface area contributed by atoms with Crippen molar-refractivity contribution in [2.45, 2.75) is 26.7 Å². The molecule has 1 unspecified atom stereocenters. The van der Waals surface area contributed by atoms with Crippen molar-refractivity contribution in [2.75, 3.05) is 20.3 Å². The lowest BCUT2D eigenvalue weighted by Gasteiger charge is -2.11. The van der Waals surface area contributed by atoms with Gasteiger partial charge in [-0.15, -0.1) is 0 Å². The number of hydrogen-bond acceptors (Lipinski definition) is 5. The highest BCUT2D eigenvalue weighted by Crippen LogP contribution is 2.22. The third-order valence-corrected chi connectivity index (χ3v) is 4.50. The van der Waals surface area contributed by atoms with Gasteiger partial charge in [-0.1, -0.05) is 37.3 Å². The van der Waals surface area contributed by atoms with Crippen molar-refractivity contribution < 1.29 is 18.9 Å². The van der Waals surface area contributed by atoms with Crippen LogP contribution in [0.2, 0.25) is 0 Å². The summed E-state index contributed by atoms with van der Waals surface area (Å²) in [4.78, 5) is 14.3. The average molecular weight is 381 g/mol. The molecule has 0 N–H and O–H groups in total. The first-order valence-electron chi connectivity index (χ1n) is 9.54. The SMILES string of the molecule is COOCC(C)Cc1ccc(OCCc2nc(-c3ccccc3)oc2C)cc1. The molecular weight excluding hydrogens is 354 g/mol. The number of hydrogen-bond donors (Lipinski definition) is 0. The summed E-state index contributed by atoms with van der Waals surface area (Å²) in [6.07, 6.45) is 1.64. The first-order valence-corrected chi connectivity index (χ1v) is 9.54. The molecule has 1 atom stereocenters. The molecule has 0 fully saturated rings. The van der Waals surface area contributed by atoms with Gasteiger partial charge in [0.25, 0.3) is 0 Å². The fourth-order valence-corrected chi connectivity index (χ4v) is 3.00. The summed E-state index contributed by atoms with van der Waals surface area (Å²) in [7, 11) is 1.53.